The van der Waals surface area contributed by atoms with Gasteiger partial charge in [0, 0.05) is 0 Å². The van der Waals surface area contributed by atoms with E-state index in [0.29, 0.717) is 6.79 Å². The van der Waals surface area contributed by atoms with E-state index < -0.39 is 0 Å². The normalized spacial score (nSPS) is 11.9. The van der Waals surface area contributed by atoms with E-state index in [1.807, 2.05) is 25.1 Å². The highest BCUT2D eigenvalue weighted by Gasteiger charge is 2.13. The van der Waals surface area contributed by atoms with Gasteiger partial charge in [0.1, 0.15) is 0 Å². The molecule has 0 N–H and O–H groups in total. The van der Waals surface area contributed by atoms with Gasteiger partial charge in [0.25, 0.3) is 0 Å². The number of rotatable bonds is 0. The highest BCUT2D eigenvalue weighted by atomic mass is 16.7. The summed E-state index contributed by atoms with van der Waals surface area (Å²) < 4.78 is 10.4. The maximum atomic E-state index is 5.21. The number of aryl methyl sites for hydroxylation is 1. The molecule has 0 bridgehead atoms. The smallest absolute Gasteiger partial charge is 0.231 e. The predicted octanol–water partition coefficient (Wildman–Crippen LogP) is 3.14. The quantitative estimate of drug-likeness (QED) is 0.610. The molecule has 2 rings (SSSR count). The fourth-order valence-electron chi connectivity index (χ4n) is 1.08. The Labute approximate surface area is 79.5 Å². The second kappa shape index (κ2) is 4.75. The average molecular weight is 180 g/mol. The minimum atomic E-state index is 0.361. The Balaban J connectivity index is 0.000000251. The van der Waals surface area contributed by atoms with E-state index >= 15 is 0 Å². The van der Waals surface area contributed by atoms with Crippen LogP contribution >= 0.6 is 0 Å². The molecule has 0 unspecified atom stereocenters. The Hall–Kier alpha value is -1.18. The van der Waals surface area contributed by atoms with Crippen LogP contribution in [0.5, 0.6) is 11.5 Å². The van der Waals surface area contributed by atoms with Gasteiger partial charge in [0.2, 0.25) is 6.79 Å². The van der Waals surface area contributed by atoms with Crippen molar-refractivity contribution in [3.8, 4) is 11.5 Å². The number of benzene rings is 1. The molecule has 72 valence electrons. The highest BCUT2D eigenvalue weighted by molar-refractivity contribution is 5.47. The van der Waals surface area contributed by atoms with Gasteiger partial charge < -0.3 is 9.47 Å². The standard InChI is InChI=1S/C8H8O2.C3H8/c1-6-3-2-4-7-8(6)10-5-9-7;1-3-2/h2-4H,5H2,1H3;3H2,1-2H3. The van der Waals surface area contributed by atoms with Crippen molar-refractivity contribution in [2.75, 3.05) is 6.79 Å². The minimum absolute atomic E-state index is 0.361. The lowest BCUT2D eigenvalue weighted by atomic mass is 10.2. The highest BCUT2D eigenvalue weighted by Crippen LogP contribution is 2.34. The Kier molecular flexibility index (Phi) is 3.62. The van der Waals surface area contributed by atoms with Crippen LogP contribution < -0.4 is 9.47 Å². The lowest BCUT2D eigenvalue weighted by Crippen LogP contribution is -1.93. The predicted molar refractivity (Wildman–Crippen MR) is 53.3 cm³/mol. The van der Waals surface area contributed by atoms with Gasteiger partial charge >= 0.3 is 0 Å². The van der Waals surface area contributed by atoms with Gasteiger partial charge in [-0.15, -0.1) is 0 Å². The van der Waals surface area contributed by atoms with Crippen LogP contribution in [0.2, 0.25) is 0 Å². The average Bonchev–Trinajstić information content (AvgIpc) is 2.54. The van der Waals surface area contributed by atoms with Crippen molar-refractivity contribution in [1.29, 1.82) is 0 Å². The molecule has 0 spiro atoms. The maximum absolute atomic E-state index is 5.21. The van der Waals surface area contributed by atoms with Crippen molar-refractivity contribution in [1.82, 2.24) is 0 Å². The van der Waals surface area contributed by atoms with Crippen LogP contribution in [0.4, 0.5) is 0 Å². The zero-order valence-electron chi connectivity index (χ0n) is 8.46. The van der Waals surface area contributed by atoms with E-state index in [4.69, 9.17) is 9.47 Å². The summed E-state index contributed by atoms with van der Waals surface area (Å²) in [5, 5.41) is 0. The number of para-hydroxylation sites is 1. The van der Waals surface area contributed by atoms with Crippen molar-refractivity contribution in [2.45, 2.75) is 27.2 Å². The monoisotopic (exact) mass is 180 g/mol. The molecule has 0 radical (unpaired) electrons. The number of fused-ring (bicyclic) bond motifs is 1. The second-order valence-corrected chi connectivity index (χ2v) is 3.02. The van der Waals surface area contributed by atoms with Gasteiger partial charge in [0.05, 0.1) is 0 Å². The zero-order valence-corrected chi connectivity index (χ0v) is 8.46. The molecule has 0 saturated carbocycles. The molecule has 1 aromatic carbocycles. The molecule has 1 aliphatic rings. The Morgan fingerprint density at radius 1 is 1.23 bits per heavy atom. The molecule has 0 aromatic heterocycles. The van der Waals surface area contributed by atoms with E-state index in [0.717, 1.165) is 17.1 Å². The Morgan fingerprint density at radius 2 is 1.92 bits per heavy atom. The first-order chi connectivity index (χ1) is 6.29. The van der Waals surface area contributed by atoms with Gasteiger partial charge in [-0.25, -0.2) is 0 Å². The summed E-state index contributed by atoms with van der Waals surface area (Å²) >= 11 is 0. The Bertz CT molecular complexity index is 269. The van der Waals surface area contributed by atoms with Gasteiger partial charge in [-0.05, 0) is 18.6 Å². The van der Waals surface area contributed by atoms with E-state index in [1.165, 1.54) is 6.42 Å². The molecule has 13 heavy (non-hydrogen) atoms. The summed E-state index contributed by atoms with van der Waals surface area (Å²) in [7, 11) is 0. The second-order valence-electron chi connectivity index (χ2n) is 3.02. The summed E-state index contributed by atoms with van der Waals surface area (Å²) in [5.74, 6) is 1.75. The summed E-state index contributed by atoms with van der Waals surface area (Å²) in [6, 6.07) is 5.88. The molecule has 1 aromatic rings. The van der Waals surface area contributed by atoms with Crippen molar-refractivity contribution in [3.05, 3.63) is 23.8 Å². The third-order valence-electron chi connectivity index (χ3n) is 1.59. The fraction of sp³-hybridized carbons (Fsp3) is 0.455. The van der Waals surface area contributed by atoms with Crippen LogP contribution in [0.25, 0.3) is 0 Å². The molecule has 0 saturated heterocycles. The van der Waals surface area contributed by atoms with Crippen LogP contribution in [0.3, 0.4) is 0 Å². The van der Waals surface area contributed by atoms with E-state index in [-0.39, 0.29) is 0 Å². The summed E-state index contributed by atoms with van der Waals surface area (Å²) in [5.41, 5.74) is 1.13. The van der Waals surface area contributed by atoms with Gasteiger partial charge in [0.15, 0.2) is 11.5 Å². The fourth-order valence-corrected chi connectivity index (χ4v) is 1.08. The van der Waals surface area contributed by atoms with Crippen LogP contribution in [0.1, 0.15) is 25.8 Å². The molecule has 2 heteroatoms. The molecule has 0 fully saturated rings. The summed E-state index contributed by atoms with van der Waals surface area (Å²) in [6.45, 7) is 6.62. The van der Waals surface area contributed by atoms with Crippen LogP contribution in [-0.2, 0) is 0 Å². The molecular formula is C11H16O2. The number of hydrogen-bond donors (Lipinski definition) is 0. The summed E-state index contributed by atoms with van der Waals surface area (Å²) in [4.78, 5) is 0. The largest absolute Gasteiger partial charge is 0.454 e. The first-order valence-electron chi connectivity index (χ1n) is 4.64. The van der Waals surface area contributed by atoms with Gasteiger partial charge in [-0.1, -0.05) is 32.4 Å². The molecule has 1 heterocycles. The topological polar surface area (TPSA) is 18.5 Å². The Morgan fingerprint density at radius 3 is 2.54 bits per heavy atom. The third-order valence-corrected chi connectivity index (χ3v) is 1.59. The molecule has 0 aliphatic carbocycles. The minimum Gasteiger partial charge on any atom is -0.454 e. The van der Waals surface area contributed by atoms with E-state index in [1.54, 1.807) is 0 Å². The molecule has 2 nitrogen and oxygen atoms in total. The van der Waals surface area contributed by atoms with Crippen LogP contribution in [0, 0.1) is 6.92 Å². The SMILES string of the molecule is CCC.Cc1cccc2c1OCO2. The number of hydrogen-bond acceptors (Lipinski definition) is 2. The lowest BCUT2D eigenvalue weighted by molar-refractivity contribution is 0.173. The third kappa shape index (κ3) is 2.38. The summed E-state index contributed by atoms with van der Waals surface area (Å²) in [6.07, 6.45) is 1.25. The first-order valence-corrected chi connectivity index (χ1v) is 4.64. The van der Waals surface area contributed by atoms with Crippen molar-refractivity contribution >= 4 is 0 Å². The number of ether oxygens (including phenoxy) is 2. The molecule has 1 aliphatic heterocycles. The maximum Gasteiger partial charge on any atom is 0.231 e. The van der Waals surface area contributed by atoms with E-state index in [2.05, 4.69) is 13.8 Å². The van der Waals surface area contributed by atoms with Gasteiger partial charge in [-0.3, -0.25) is 0 Å². The van der Waals surface area contributed by atoms with Crippen LogP contribution in [0.15, 0.2) is 18.2 Å². The van der Waals surface area contributed by atoms with Crippen molar-refractivity contribution in [3.63, 3.8) is 0 Å². The van der Waals surface area contributed by atoms with E-state index in [9.17, 15) is 0 Å². The van der Waals surface area contributed by atoms with Crippen molar-refractivity contribution in [2.24, 2.45) is 0 Å². The van der Waals surface area contributed by atoms with Crippen molar-refractivity contribution < 1.29 is 9.47 Å². The molecule has 0 amide bonds. The zero-order chi connectivity index (χ0) is 9.68. The molecular weight excluding hydrogens is 164 g/mol. The van der Waals surface area contributed by atoms with Gasteiger partial charge in [-0.2, -0.15) is 0 Å². The first kappa shape index (κ1) is 9.90. The lowest BCUT2D eigenvalue weighted by Gasteiger charge is -1.96. The van der Waals surface area contributed by atoms with Crippen LogP contribution in [-0.4, -0.2) is 6.79 Å². The molecule has 0 atom stereocenters.